The number of nitro benzene ring substituents is 1. The molecule has 0 N–H and O–H groups in total. The standard InChI is InChI=1S/C24H19N5O3/c30-23(19-11-13-20(14-12-19)29(31)32)27-21(17-7-3-1-4-8-17)15-22(18-9-5-2-6-10-18)28-24(27)25-16-26-28/h1-14,16,21-22H,15H2. The van der Waals surface area contributed by atoms with Crippen LogP contribution in [0.1, 0.15) is 40.0 Å². The lowest BCUT2D eigenvalue weighted by atomic mass is 9.91. The Labute approximate surface area is 183 Å². The molecule has 1 aromatic heterocycles. The van der Waals surface area contributed by atoms with E-state index in [1.165, 1.54) is 30.6 Å². The van der Waals surface area contributed by atoms with Gasteiger partial charge in [-0.15, -0.1) is 0 Å². The van der Waals surface area contributed by atoms with Crippen LogP contribution in [0.5, 0.6) is 0 Å². The maximum atomic E-state index is 13.6. The van der Waals surface area contributed by atoms with Gasteiger partial charge in [-0.1, -0.05) is 60.7 Å². The Bertz CT molecular complexity index is 1260. The number of anilines is 1. The van der Waals surface area contributed by atoms with E-state index < -0.39 is 4.92 Å². The first kappa shape index (κ1) is 19.6. The number of non-ortho nitro benzene ring substituents is 1. The number of benzene rings is 3. The molecule has 5 rings (SSSR count). The number of nitro groups is 1. The zero-order valence-corrected chi connectivity index (χ0v) is 17.0. The maximum absolute atomic E-state index is 13.6. The second-order valence-electron chi connectivity index (χ2n) is 7.57. The number of fused-ring (bicyclic) bond motifs is 1. The molecule has 2 unspecified atom stereocenters. The minimum absolute atomic E-state index is 0.0629. The molecule has 0 aliphatic carbocycles. The second-order valence-corrected chi connectivity index (χ2v) is 7.57. The Kier molecular flexibility index (Phi) is 4.95. The fourth-order valence-corrected chi connectivity index (χ4v) is 4.20. The molecule has 32 heavy (non-hydrogen) atoms. The van der Waals surface area contributed by atoms with Gasteiger partial charge in [0.05, 0.1) is 17.0 Å². The molecule has 0 radical (unpaired) electrons. The number of rotatable bonds is 4. The Morgan fingerprint density at radius 2 is 1.47 bits per heavy atom. The van der Waals surface area contributed by atoms with Crippen LogP contribution in [0.4, 0.5) is 11.6 Å². The first-order chi connectivity index (χ1) is 15.6. The summed E-state index contributed by atoms with van der Waals surface area (Å²) in [6, 6.07) is 25.1. The van der Waals surface area contributed by atoms with Gasteiger partial charge in [0, 0.05) is 17.7 Å². The fraction of sp³-hybridized carbons (Fsp3) is 0.125. The molecular formula is C24H19N5O3. The first-order valence-corrected chi connectivity index (χ1v) is 10.2. The van der Waals surface area contributed by atoms with E-state index >= 15 is 0 Å². The Morgan fingerprint density at radius 3 is 2.06 bits per heavy atom. The monoisotopic (exact) mass is 425 g/mol. The van der Waals surface area contributed by atoms with E-state index in [1.54, 1.807) is 9.58 Å². The molecule has 2 heterocycles. The zero-order valence-electron chi connectivity index (χ0n) is 17.0. The fourth-order valence-electron chi connectivity index (χ4n) is 4.20. The van der Waals surface area contributed by atoms with Gasteiger partial charge in [0.2, 0.25) is 5.95 Å². The smallest absolute Gasteiger partial charge is 0.269 e. The molecular weight excluding hydrogens is 406 g/mol. The summed E-state index contributed by atoms with van der Waals surface area (Å²) in [6.45, 7) is 0. The summed E-state index contributed by atoms with van der Waals surface area (Å²) in [4.78, 5) is 30.2. The third-order valence-electron chi connectivity index (χ3n) is 5.74. The first-order valence-electron chi connectivity index (χ1n) is 10.2. The Balaban J connectivity index is 1.61. The molecule has 0 spiro atoms. The highest BCUT2D eigenvalue weighted by molar-refractivity contribution is 6.06. The van der Waals surface area contributed by atoms with Gasteiger partial charge in [-0.3, -0.25) is 19.8 Å². The van der Waals surface area contributed by atoms with Gasteiger partial charge in [0.15, 0.2) is 0 Å². The molecule has 158 valence electrons. The number of hydrogen-bond donors (Lipinski definition) is 0. The molecule has 2 atom stereocenters. The summed E-state index contributed by atoms with van der Waals surface area (Å²) in [6.07, 6.45) is 2.07. The summed E-state index contributed by atoms with van der Waals surface area (Å²) in [7, 11) is 0. The van der Waals surface area contributed by atoms with E-state index in [1.807, 2.05) is 60.7 Å². The molecule has 0 bridgehead atoms. The molecule has 3 aromatic carbocycles. The van der Waals surface area contributed by atoms with Crippen molar-refractivity contribution in [3.05, 3.63) is 118 Å². The highest BCUT2D eigenvalue weighted by Crippen LogP contribution is 2.42. The van der Waals surface area contributed by atoms with Crippen molar-refractivity contribution in [3.63, 3.8) is 0 Å². The van der Waals surface area contributed by atoms with Gasteiger partial charge in [-0.05, 0) is 29.7 Å². The zero-order chi connectivity index (χ0) is 22.1. The maximum Gasteiger partial charge on any atom is 0.269 e. The molecule has 0 saturated heterocycles. The van der Waals surface area contributed by atoms with Crippen molar-refractivity contribution in [2.75, 3.05) is 4.90 Å². The summed E-state index contributed by atoms with van der Waals surface area (Å²) in [5, 5.41) is 15.4. The molecule has 1 aliphatic rings. The van der Waals surface area contributed by atoms with Gasteiger partial charge in [0.25, 0.3) is 11.6 Å². The van der Waals surface area contributed by atoms with E-state index in [-0.39, 0.29) is 23.7 Å². The lowest BCUT2D eigenvalue weighted by molar-refractivity contribution is -0.384. The second kappa shape index (κ2) is 8.07. The lowest BCUT2D eigenvalue weighted by Gasteiger charge is -2.39. The predicted molar refractivity (Wildman–Crippen MR) is 118 cm³/mol. The van der Waals surface area contributed by atoms with Gasteiger partial charge < -0.3 is 0 Å². The van der Waals surface area contributed by atoms with E-state index in [9.17, 15) is 14.9 Å². The molecule has 0 fully saturated rings. The summed E-state index contributed by atoms with van der Waals surface area (Å²) in [5.41, 5.74) is 2.36. The van der Waals surface area contributed by atoms with E-state index in [0.29, 0.717) is 17.9 Å². The van der Waals surface area contributed by atoms with Gasteiger partial charge in [-0.2, -0.15) is 10.1 Å². The van der Waals surface area contributed by atoms with Crippen molar-refractivity contribution in [2.24, 2.45) is 0 Å². The molecule has 1 aliphatic heterocycles. The average Bonchev–Trinajstić information content (AvgIpc) is 3.33. The third-order valence-corrected chi connectivity index (χ3v) is 5.74. The number of nitrogens with zero attached hydrogens (tertiary/aromatic N) is 5. The molecule has 8 heteroatoms. The normalized spacial score (nSPS) is 17.6. The van der Waals surface area contributed by atoms with Gasteiger partial charge in [0.1, 0.15) is 6.33 Å². The minimum Gasteiger partial charge on any atom is -0.269 e. The van der Waals surface area contributed by atoms with Crippen LogP contribution in [0.2, 0.25) is 0 Å². The van der Waals surface area contributed by atoms with Crippen LogP contribution in [0.3, 0.4) is 0 Å². The predicted octanol–water partition coefficient (Wildman–Crippen LogP) is 4.57. The number of amides is 1. The van der Waals surface area contributed by atoms with Crippen LogP contribution in [0.15, 0.2) is 91.3 Å². The third kappa shape index (κ3) is 3.41. The van der Waals surface area contributed by atoms with Crippen molar-refractivity contribution in [1.82, 2.24) is 14.8 Å². The number of carbonyl (C=O) groups is 1. The van der Waals surface area contributed by atoms with E-state index in [0.717, 1.165) is 11.1 Å². The molecule has 4 aromatic rings. The van der Waals surface area contributed by atoms with Crippen LogP contribution in [-0.4, -0.2) is 25.6 Å². The summed E-state index contributed by atoms with van der Waals surface area (Å²) < 4.78 is 1.78. The topological polar surface area (TPSA) is 94.2 Å². The van der Waals surface area contributed by atoms with Crippen LogP contribution >= 0.6 is 0 Å². The largest absolute Gasteiger partial charge is 0.269 e. The summed E-state index contributed by atoms with van der Waals surface area (Å²) in [5.74, 6) is 0.164. The lowest BCUT2D eigenvalue weighted by Crippen LogP contribution is -2.42. The van der Waals surface area contributed by atoms with E-state index in [4.69, 9.17) is 0 Å². The van der Waals surface area contributed by atoms with Crippen molar-refractivity contribution in [3.8, 4) is 0 Å². The summed E-state index contributed by atoms with van der Waals surface area (Å²) >= 11 is 0. The Morgan fingerprint density at radius 1 is 0.875 bits per heavy atom. The van der Waals surface area contributed by atoms with Gasteiger partial charge >= 0.3 is 0 Å². The highest BCUT2D eigenvalue weighted by atomic mass is 16.6. The van der Waals surface area contributed by atoms with Crippen LogP contribution in [-0.2, 0) is 0 Å². The van der Waals surface area contributed by atoms with Crippen LogP contribution in [0.25, 0.3) is 0 Å². The Hall–Kier alpha value is -4.33. The quantitative estimate of drug-likeness (QED) is 0.353. The van der Waals surface area contributed by atoms with Gasteiger partial charge in [-0.25, -0.2) is 4.68 Å². The molecule has 0 saturated carbocycles. The minimum atomic E-state index is -0.483. The average molecular weight is 425 g/mol. The van der Waals surface area contributed by atoms with Crippen LogP contribution < -0.4 is 4.90 Å². The SMILES string of the molecule is O=C(c1ccc([N+](=O)[O-])cc1)N1c2ncnn2C(c2ccccc2)CC1c1ccccc1. The molecule has 1 amide bonds. The number of carbonyl (C=O) groups excluding carboxylic acids is 1. The number of aromatic nitrogens is 3. The van der Waals surface area contributed by atoms with E-state index in [2.05, 4.69) is 10.1 Å². The highest BCUT2D eigenvalue weighted by Gasteiger charge is 2.39. The van der Waals surface area contributed by atoms with Crippen molar-refractivity contribution < 1.29 is 9.72 Å². The van der Waals surface area contributed by atoms with Crippen molar-refractivity contribution >= 4 is 17.5 Å². The van der Waals surface area contributed by atoms with Crippen molar-refractivity contribution in [1.29, 1.82) is 0 Å². The number of hydrogen-bond acceptors (Lipinski definition) is 5. The molecule has 8 nitrogen and oxygen atoms in total. The van der Waals surface area contributed by atoms with Crippen molar-refractivity contribution in [2.45, 2.75) is 18.5 Å². The van der Waals surface area contributed by atoms with Crippen LogP contribution in [0, 0.1) is 10.1 Å².